The molecular weight excluding hydrogens is 605 g/mol. The third kappa shape index (κ3) is 5.92. The average Bonchev–Trinajstić information content (AvgIpc) is 2.62. The molecule has 0 N–H and O–H groups in total. The SMILES string of the molecule is C[As+](c1ccc(Br)cc1)(c1ccc(Br)cc1)c1ccc(Br)cc1.O=[N+]([O-])[O-]. The van der Waals surface area contributed by atoms with E-state index in [4.69, 9.17) is 15.3 Å². The maximum Gasteiger partial charge on any atom is 0.0689 e. The molecule has 0 saturated carbocycles. The molecule has 0 heterocycles. The Morgan fingerprint density at radius 1 is 0.630 bits per heavy atom. The van der Waals surface area contributed by atoms with Crippen LogP contribution in [0.1, 0.15) is 0 Å². The molecule has 0 spiro atoms. The third-order valence-corrected chi connectivity index (χ3v) is 14.0. The maximum absolute atomic E-state index is 8.25. The molecule has 4 nitrogen and oxygen atoms in total. The summed E-state index contributed by atoms with van der Waals surface area (Å²) >= 11 is 8.21. The summed E-state index contributed by atoms with van der Waals surface area (Å²) < 4.78 is 7.68. The second-order valence-corrected chi connectivity index (χ2v) is 15.9. The molecule has 0 fully saturated rings. The van der Waals surface area contributed by atoms with E-state index in [9.17, 15) is 0 Å². The first kappa shape index (κ1) is 22.2. The summed E-state index contributed by atoms with van der Waals surface area (Å²) in [4.78, 5) is 8.25. The van der Waals surface area contributed by atoms with Gasteiger partial charge in [-0.1, -0.05) is 0 Å². The Kier molecular flexibility index (Phi) is 8.10. The van der Waals surface area contributed by atoms with Gasteiger partial charge in [-0.05, 0) is 0 Å². The van der Waals surface area contributed by atoms with E-state index >= 15 is 0 Å². The quantitative estimate of drug-likeness (QED) is 0.240. The molecule has 0 radical (unpaired) electrons. The van der Waals surface area contributed by atoms with E-state index in [1.165, 1.54) is 13.1 Å². The standard InChI is InChI=1S/C19H15AsBr3.NO3/c1-20(14-2-8-17(21)9-3-14,15-4-10-18(22)11-5-15)16-6-12-19(23)13-7-16;2-1(3)4/h2-13H,1H3;/q+1;-1. The van der Waals surface area contributed by atoms with Gasteiger partial charge in [-0.2, -0.15) is 0 Å². The van der Waals surface area contributed by atoms with Gasteiger partial charge in [-0.25, -0.2) is 0 Å². The largest absolute Gasteiger partial charge is 0.356 e. The van der Waals surface area contributed by atoms with Crippen LogP contribution in [0.15, 0.2) is 86.2 Å². The van der Waals surface area contributed by atoms with Crippen molar-refractivity contribution < 1.29 is 5.09 Å². The van der Waals surface area contributed by atoms with E-state index in [0.29, 0.717) is 0 Å². The van der Waals surface area contributed by atoms with Crippen molar-refractivity contribution in [3.8, 4) is 0 Å². The minimum Gasteiger partial charge on any atom is -0.356 e. The number of hydrogen-bond acceptors (Lipinski definition) is 3. The van der Waals surface area contributed by atoms with Gasteiger partial charge in [0.05, 0.1) is 5.09 Å². The Bertz CT molecular complexity index is 786. The van der Waals surface area contributed by atoms with Crippen molar-refractivity contribution >= 4 is 74.4 Å². The van der Waals surface area contributed by atoms with E-state index in [1.807, 2.05) is 0 Å². The van der Waals surface area contributed by atoms with Crippen molar-refractivity contribution in [2.24, 2.45) is 0 Å². The van der Waals surface area contributed by atoms with Crippen LogP contribution < -0.4 is 13.1 Å². The molecule has 0 unspecified atom stereocenters. The van der Waals surface area contributed by atoms with Gasteiger partial charge in [0, 0.05) is 0 Å². The van der Waals surface area contributed by atoms with Crippen molar-refractivity contribution in [1.29, 1.82) is 0 Å². The van der Waals surface area contributed by atoms with Crippen LogP contribution in [0.5, 0.6) is 0 Å². The summed E-state index contributed by atoms with van der Waals surface area (Å²) in [5.41, 5.74) is 2.45. The maximum atomic E-state index is 8.25. The molecule has 0 atom stereocenters. The number of rotatable bonds is 3. The van der Waals surface area contributed by atoms with E-state index in [0.717, 1.165) is 13.4 Å². The van der Waals surface area contributed by atoms with Crippen molar-refractivity contribution in [3.05, 3.63) is 102 Å². The smallest absolute Gasteiger partial charge is 0.0689 e. The second kappa shape index (κ2) is 9.87. The number of benzene rings is 3. The molecule has 8 heteroatoms. The van der Waals surface area contributed by atoms with Crippen LogP contribution in [0.4, 0.5) is 0 Å². The normalized spacial score (nSPS) is 10.7. The van der Waals surface area contributed by atoms with Gasteiger partial charge in [-0.15, -0.1) is 0 Å². The van der Waals surface area contributed by atoms with Crippen LogP contribution in [-0.2, 0) is 0 Å². The number of nitrogens with zero attached hydrogens (tertiary/aromatic N) is 1. The Balaban J connectivity index is 0.000000596. The van der Waals surface area contributed by atoms with Gasteiger partial charge >= 0.3 is 166 Å². The van der Waals surface area contributed by atoms with Gasteiger partial charge in [0.15, 0.2) is 0 Å². The molecular formula is C19H15AsBr3NO3. The zero-order valence-electron chi connectivity index (χ0n) is 14.2. The van der Waals surface area contributed by atoms with E-state index in [2.05, 4.69) is 126 Å². The summed E-state index contributed by atoms with van der Waals surface area (Å²) in [6.07, 6.45) is 0. The molecule has 0 amide bonds. The van der Waals surface area contributed by atoms with Crippen molar-refractivity contribution in [2.45, 2.75) is 5.71 Å². The minimum absolute atomic E-state index is 1.12. The van der Waals surface area contributed by atoms with E-state index < -0.39 is 18.6 Å². The summed E-state index contributed by atoms with van der Waals surface area (Å²) in [6, 6.07) is 26.5. The van der Waals surface area contributed by atoms with Gasteiger partial charge in [0.2, 0.25) is 0 Å². The average molecular weight is 620 g/mol. The number of hydrogen-bond donors (Lipinski definition) is 0. The first-order chi connectivity index (χ1) is 12.7. The summed E-state index contributed by atoms with van der Waals surface area (Å²) in [5.74, 6) is 0. The predicted molar refractivity (Wildman–Crippen MR) is 123 cm³/mol. The monoisotopic (exact) mass is 617 g/mol. The van der Waals surface area contributed by atoms with Crippen LogP contribution in [0.25, 0.3) is 0 Å². The van der Waals surface area contributed by atoms with Gasteiger partial charge in [0.25, 0.3) is 0 Å². The molecule has 140 valence electrons. The fraction of sp³-hybridized carbons (Fsp3) is 0.0526. The van der Waals surface area contributed by atoms with E-state index in [1.54, 1.807) is 0 Å². The molecule has 0 aliphatic heterocycles. The van der Waals surface area contributed by atoms with Crippen LogP contribution in [0.2, 0.25) is 5.71 Å². The fourth-order valence-electron chi connectivity index (χ4n) is 2.66. The number of halogens is 3. The summed E-state index contributed by atoms with van der Waals surface area (Å²) in [5, 5.41) is 14.8. The first-order valence-electron chi connectivity index (χ1n) is 7.70. The van der Waals surface area contributed by atoms with Gasteiger partial charge in [0.1, 0.15) is 0 Å². The summed E-state index contributed by atoms with van der Waals surface area (Å²) in [7, 11) is 0. The third-order valence-electron chi connectivity index (χ3n) is 4.03. The zero-order valence-corrected chi connectivity index (χ0v) is 20.8. The molecule has 0 saturated heterocycles. The van der Waals surface area contributed by atoms with Crippen LogP contribution >= 0.6 is 47.8 Å². The van der Waals surface area contributed by atoms with Crippen molar-refractivity contribution in [3.63, 3.8) is 0 Å². The topological polar surface area (TPSA) is 66.2 Å². The van der Waals surface area contributed by atoms with Gasteiger partial charge in [-0.3, -0.25) is 0 Å². The van der Waals surface area contributed by atoms with Crippen LogP contribution in [-0.4, -0.2) is 18.6 Å². The van der Waals surface area contributed by atoms with E-state index in [-0.39, 0.29) is 0 Å². The Morgan fingerprint density at radius 3 is 1.00 bits per heavy atom. The molecule has 27 heavy (non-hydrogen) atoms. The molecule has 0 bridgehead atoms. The van der Waals surface area contributed by atoms with Crippen molar-refractivity contribution in [2.75, 3.05) is 0 Å². The molecule has 0 aliphatic rings. The molecule has 0 aromatic heterocycles. The molecule has 0 aliphatic carbocycles. The molecule has 3 aromatic carbocycles. The molecule has 3 aromatic rings. The zero-order chi connectivity index (χ0) is 20.0. The molecule has 3 rings (SSSR count). The van der Waals surface area contributed by atoms with Crippen LogP contribution in [0, 0.1) is 15.3 Å². The summed E-state index contributed by atoms with van der Waals surface area (Å²) in [6.45, 7) is 0. The first-order valence-corrected chi connectivity index (χ1v) is 14.8. The minimum atomic E-state index is -2.44. The Labute approximate surface area is 185 Å². The predicted octanol–water partition coefficient (Wildman–Crippen LogP) is 4.84. The Morgan fingerprint density at radius 2 is 0.815 bits per heavy atom. The second-order valence-electron chi connectivity index (χ2n) is 5.66. The van der Waals surface area contributed by atoms with Crippen molar-refractivity contribution in [1.82, 2.24) is 0 Å². The fourth-order valence-corrected chi connectivity index (χ4v) is 10.0. The van der Waals surface area contributed by atoms with Gasteiger partial charge < -0.3 is 15.3 Å². The van der Waals surface area contributed by atoms with Crippen LogP contribution in [0.3, 0.4) is 0 Å². The Hall–Kier alpha value is -1.14.